The Hall–Kier alpha value is -1.84. The molecule has 0 bridgehead atoms. The molecule has 0 unspecified atom stereocenters. The molecular formula is C9H6N2O2. The lowest BCUT2D eigenvalue weighted by Crippen LogP contribution is -1.78. The van der Waals surface area contributed by atoms with Crippen molar-refractivity contribution in [2.75, 3.05) is 0 Å². The van der Waals surface area contributed by atoms with Crippen LogP contribution in [0.2, 0.25) is 0 Å². The Labute approximate surface area is 73.2 Å². The topological polar surface area (TPSA) is 52.1 Å². The zero-order valence-corrected chi connectivity index (χ0v) is 6.94. The summed E-state index contributed by atoms with van der Waals surface area (Å²) in [5.41, 5.74) is 4.14. The molecule has 4 nitrogen and oxygen atoms in total. The molecule has 0 amide bonds. The van der Waals surface area contributed by atoms with Crippen molar-refractivity contribution in [3.63, 3.8) is 0 Å². The number of aromatic nitrogens is 2. The smallest absolute Gasteiger partial charge is 0.181 e. The highest BCUT2D eigenvalue weighted by molar-refractivity contribution is 5.92. The highest BCUT2D eigenvalue weighted by Crippen LogP contribution is 2.25. The van der Waals surface area contributed by atoms with Gasteiger partial charge in [-0.15, -0.1) is 0 Å². The molecule has 0 aliphatic heterocycles. The standard InChI is InChI=1S/C9H6N2O2/c1-5-8-7(12-4-11-8)2-6-9(5)13-3-10-6/h2-4H,1H3. The van der Waals surface area contributed by atoms with E-state index in [1.165, 1.54) is 12.8 Å². The monoisotopic (exact) mass is 174 g/mol. The Bertz CT molecular complexity index is 531. The van der Waals surface area contributed by atoms with Crippen molar-refractivity contribution in [1.82, 2.24) is 9.97 Å². The lowest BCUT2D eigenvalue weighted by molar-refractivity contribution is 0.599. The molecule has 64 valence electrons. The minimum absolute atomic E-state index is 0.749. The fourth-order valence-corrected chi connectivity index (χ4v) is 1.51. The predicted octanol–water partition coefficient (Wildman–Crippen LogP) is 2.28. The Balaban J connectivity index is 2.67. The van der Waals surface area contributed by atoms with Crippen LogP contribution in [-0.2, 0) is 0 Å². The van der Waals surface area contributed by atoms with E-state index in [9.17, 15) is 0 Å². The van der Waals surface area contributed by atoms with Crippen molar-refractivity contribution in [3.8, 4) is 0 Å². The number of benzene rings is 1. The molecule has 0 atom stereocenters. The van der Waals surface area contributed by atoms with Crippen LogP contribution < -0.4 is 0 Å². The van der Waals surface area contributed by atoms with Crippen LogP contribution in [0.3, 0.4) is 0 Å². The summed E-state index contributed by atoms with van der Waals surface area (Å²) in [6.07, 6.45) is 2.85. The summed E-state index contributed by atoms with van der Waals surface area (Å²) in [5, 5.41) is 0. The normalized spacial score (nSPS) is 11.5. The molecule has 13 heavy (non-hydrogen) atoms. The second kappa shape index (κ2) is 2.10. The van der Waals surface area contributed by atoms with Crippen LogP contribution in [0, 0.1) is 6.92 Å². The van der Waals surface area contributed by atoms with Gasteiger partial charge in [0.1, 0.15) is 11.0 Å². The summed E-state index contributed by atoms with van der Waals surface area (Å²) in [6, 6.07) is 1.83. The van der Waals surface area contributed by atoms with E-state index in [4.69, 9.17) is 8.83 Å². The first-order valence-corrected chi connectivity index (χ1v) is 3.92. The highest BCUT2D eigenvalue weighted by atomic mass is 16.3. The van der Waals surface area contributed by atoms with E-state index in [0.717, 1.165) is 27.8 Å². The van der Waals surface area contributed by atoms with E-state index in [-0.39, 0.29) is 0 Å². The summed E-state index contributed by atoms with van der Waals surface area (Å²) in [4.78, 5) is 8.15. The Morgan fingerprint density at radius 2 is 2.00 bits per heavy atom. The maximum atomic E-state index is 5.23. The average molecular weight is 174 g/mol. The van der Waals surface area contributed by atoms with E-state index in [2.05, 4.69) is 9.97 Å². The molecule has 1 aromatic carbocycles. The largest absolute Gasteiger partial charge is 0.443 e. The minimum Gasteiger partial charge on any atom is -0.443 e. The lowest BCUT2D eigenvalue weighted by Gasteiger charge is -1.92. The van der Waals surface area contributed by atoms with Crippen molar-refractivity contribution in [1.29, 1.82) is 0 Å². The van der Waals surface area contributed by atoms with Gasteiger partial charge < -0.3 is 8.83 Å². The van der Waals surface area contributed by atoms with E-state index in [1.807, 2.05) is 13.0 Å². The van der Waals surface area contributed by atoms with Gasteiger partial charge >= 0.3 is 0 Å². The molecule has 0 aliphatic carbocycles. The number of nitrogens with zero attached hydrogens (tertiary/aromatic N) is 2. The highest BCUT2D eigenvalue weighted by Gasteiger charge is 2.10. The van der Waals surface area contributed by atoms with Crippen molar-refractivity contribution in [2.24, 2.45) is 0 Å². The lowest BCUT2D eigenvalue weighted by atomic mass is 10.2. The summed E-state index contributed by atoms with van der Waals surface area (Å²) < 4.78 is 10.4. The molecule has 0 fully saturated rings. The molecule has 0 aliphatic rings. The first-order chi connectivity index (χ1) is 6.36. The molecule has 4 heteroatoms. The Morgan fingerprint density at radius 1 is 1.15 bits per heavy atom. The van der Waals surface area contributed by atoms with Gasteiger partial charge in [0.15, 0.2) is 24.0 Å². The van der Waals surface area contributed by atoms with Crippen molar-refractivity contribution in [2.45, 2.75) is 6.92 Å². The number of rotatable bonds is 0. The van der Waals surface area contributed by atoms with Crippen LogP contribution in [0.25, 0.3) is 22.2 Å². The summed E-state index contributed by atoms with van der Waals surface area (Å²) in [5.74, 6) is 0. The first-order valence-electron chi connectivity index (χ1n) is 3.92. The van der Waals surface area contributed by atoms with Gasteiger partial charge in [0.05, 0.1) is 0 Å². The van der Waals surface area contributed by atoms with Gasteiger partial charge in [-0.1, -0.05) is 0 Å². The van der Waals surface area contributed by atoms with Gasteiger partial charge in [0, 0.05) is 11.6 Å². The van der Waals surface area contributed by atoms with Gasteiger partial charge in [-0.2, -0.15) is 0 Å². The van der Waals surface area contributed by atoms with Crippen molar-refractivity contribution in [3.05, 3.63) is 24.4 Å². The Morgan fingerprint density at radius 3 is 2.92 bits per heavy atom. The fourth-order valence-electron chi connectivity index (χ4n) is 1.51. The van der Waals surface area contributed by atoms with Crippen molar-refractivity contribution < 1.29 is 8.83 Å². The van der Waals surface area contributed by atoms with Crippen molar-refractivity contribution >= 4 is 22.2 Å². The number of oxazole rings is 2. The summed E-state index contributed by atoms with van der Waals surface area (Å²) in [7, 11) is 0. The van der Waals surface area contributed by atoms with Crippen LogP contribution in [0.1, 0.15) is 5.56 Å². The quantitative estimate of drug-likeness (QED) is 0.524. The molecule has 0 spiro atoms. The van der Waals surface area contributed by atoms with E-state index < -0.39 is 0 Å². The number of aryl methyl sites for hydroxylation is 1. The maximum Gasteiger partial charge on any atom is 0.181 e. The summed E-state index contributed by atoms with van der Waals surface area (Å²) in [6.45, 7) is 1.94. The van der Waals surface area contributed by atoms with Gasteiger partial charge in [-0.05, 0) is 6.92 Å². The molecular weight excluding hydrogens is 168 g/mol. The second-order valence-corrected chi connectivity index (χ2v) is 2.90. The fraction of sp³-hybridized carbons (Fsp3) is 0.111. The van der Waals surface area contributed by atoms with Crippen LogP contribution in [0.5, 0.6) is 0 Å². The van der Waals surface area contributed by atoms with Gasteiger partial charge in [-0.3, -0.25) is 0 Å². The van der Waals surface area contributed by atoms with Gasteiger partial charge in [0.25, 0.3) is 0 Å². The van der Waals surface area contributed by atoms with E-state index in [1.54, 1.807) is 0 Å². The third-order valence-electron chi connectivity index (χ3n) is 2.15. The summed E-state index contributed by atoms with van der Waals surface area (Å²) >= 11 is 0. The third-order valence-corrected chi connectivity index (χ3v) is 2.15. The number of hydrogen-bond acceptors (Lipinski definition) is 4. The molecule has 3 rings (SSSR count). The van der Waals surface area contributed by atoms with Gasteiger partial charge in [0.2, 0.25) is 0 Å². The van der Waals surface area contributed by atoms with E-state index >= 15 is 0 Å². The van der Waals surface area contributed by atoms with Gasteiger partial charge in [-0.25, -0.2) is 9.97 Å². The molecule has 0 saturated heterocycles. The number of hydrogen-bond donors (Lipinski definition) is 0. The first kappa shape index (κ1) is 6.65. The van der Waals surface area contributed by atoms with Crippen LogP contribution in [0.4, 0.5) is 0 Å². The minimum atomic E-state index is 0.749. The average Bonchev–Trinajstić information content (AvgIpc) is 2.71. The zero-order chi connectivity index (χ0) is 8.84. The van der Waals surface area contributed by atoms with E-state index in [0.29, 0.717) is 0 Å². The molecule has 3 aromatic rings. The molecule has 0 saturated carbocycles. The molecule has 0 N–H and O–H groups in total. The Kier molecular flexibility index (Phi) is 1.07. The SMILES string of the molecule is Cc1c2ncoc2cc2ncoc12. The van der Waals surface area contributed by atoms with Crippen LogP contribution in [-0.4, -0.2) is 9.97 Å². The number of fused-ring (bicyclic) bond motifs is 2. The van der Waals surface area contributed by atoms with Crippen LogP contribution in [0.15, 0.2) is 27.7 Å². The van der Waals surface area contributed by atoms with Crippen LogP contribution >= 0.6 is 0 Å². The zero-order valence-electron chi connectivity index (χ0n) is 6.94. The predicted molar refractivity (Wildman–Crippen MR) is 46.3 cm³/mol. The molecule has 2 aromatic heterocycles. The molecule has 2 heterocycles. The maximum absolute atomic E-state index is 5.23. The molecule has 0 radical (unpaired) electrons. The second-order valence-electron chi connectivity index (χ2n) is 2.90. The third kappa shape index (κ3) is 0.744.